The lowest BCUT2D eigenvalue weighted by Gasteiger charge is -2.07. The second kappa shape index (κ2) is 4.79. The first kappa shape index (κ1) is 11.8. The molecule has 18 heavy (non-hydrogen) atoms. The Hall–Kier alpha value is -1.25. The van der Waals surface area contributed by atoms with Crippen molar-refractivity contribution in [2.75, 3.05) is 0 Å². The molecule has 1 heterocycles. The highest BCUT2D eigenvalue weighted by atomic mass is 79.9. The fourth-order valence-electron chi connectivity index (χ4n) is 2.13. The van der Waals surface area contributed by atoms with Crippen LogP contribution in [0.2, 0.25) is 5.02 Å². The fourth-order valence-corrected chi connectivity index (χ4v) is 2.82. The van der Waals surface area contributed by atoms with Crippen LogP contribution in [0, 0.1) is 0 Å². The summed E-state index contributed by atoms with van der Waals surface area (Å²) in [5.41, 5.74) is 2.35. The smallest absolute Gasteiger partial charge is 0.0494 e. The summed E-state index contributed by atoms with van der Waals surface area (Å²) in [6.45, 7) is 0.791. The molecule has 0 bridgehead atoms. The third kappa shape index (κ3) is 2.06. The molecule has 0 unspecified atom stereocenters. The molecule has 1 nitrogen and oxygen atoms in total. The minimum absolute atomic E-state index is 0.791. The zero-order valence-corrected chi connectivity index (χ0v) is 11.9. The van der Waals surface area contributed by atoms with Gasteiger partial charge in [-0.1, -0.05) is 51.8 Å². The number of hydrogen-bond donors (Lipinski definition) is 0. The van der Waals surface area contributed by atoms with Crippen molar-refractivity contribution in [3.05, 3.63) is 69.8 Å². The van der Waals surface area contributed by atoms with E-state index in [0.717, 1.165) is 21.6 Å². The molecular weight excluding hydrogens is 310 g/mol. The van der Waals surface area contributed by atoms with E-state index in [9.17, 15) is 0 Å². The summed E-state index contributed by atoms with van der Waals surface area (Å²) in [6, 6.07) is 16.3. The molecular formula is C15H11BrClN. The van der Waals surface area contributed by atoms with Gasteiger partial charge in [-0.05, 0) is 29.8 Å². The van der Waals surface area contributed by atoms with E-state index in [1.165, 1.54) is 10.9 Å². The first-order chi connectivity index (χ1) is 8.75. The number of rotatable bonds is 2. The van der Waals surface area contributed by atoms with Crippen molar-refractivity contribution in [1.82, 2.24) is 4.57 Å². The summed E-state index contributed by atoms with van der Waals surface area (Å²) in [7, 11) is 0. The maximum atomic E-state index is 6.20. The Kier molecular flexibility index (Phi) is 3.14. The lowest BCUT2D eigenvalue weighted by Crippen LogP contribution is -1.98. The molecule has 0 aliphatic rings. The molecule has 3 heteroatoms. The van der Waals surface area contributed by atoms with E-state index in [1.54, 1.807) is 0 Å². The predicted octanol–water partition coefficient (Wildman–Crippen LogP) is 5.11. The van der Waals surface area contributed by atoms with Crippen LogP contribution in [0.5, 0.6) is 0 Å². The van der Waals surface area contributed by atoms with Crippen LogP contribution in [-0.4, -0.2) is 4.57 Å². The summed E-state index contributed by atoms with van der Waals surface area (Å²) >= 11 is 9.77. The van der Waals surface area contributed by atoms with Gasteiger partial charge in [0.2, 0.25) is 0 Å². The van der Waals surface area contributed by atoms with Gasteiger partial charge in [0.15, 0.2) is 0 Å². The molecule has 0 N–H and O–H groups in total. The molecule has 0 saturated carbocycles. The fraction of sp³-hybridized carbons (Fsp3) is 0.0667. The number of aromatic nitrogens is 1. The first-order valence-corrected chi connectivity index (χ1v) is 6.89. The Morgan fingerprint density at radius 3 is 2.67 bits per heavy atom. The quantitative estimate of drug-likeness (QED) is 0.618. The third-order valence-corrected chi connectivity index (χ3v) is 4.12. The van der Waals surface area contributed by atoms with Crippen molar-refractivity contribution in [2.24, 2.45) is 0 Å². The maximum Gasteiger partial charge on any atom is 0.0494 e. The van der Waals surface area contributed by atoms with Gasteiger partial charge in [-0.2, -0.15) is 0 Å². The Bertz CT molecular complexity index is 703. The van der Waals surface area contributed by atoms with Gasteiger partial charge in [-0.3, -0.25) is 0 Å². The lowest BCUT2D eigenvalue weighted by molar-refractivity contribution is 0.837. The van der Waals surface area contributed by atoms with E-state index in [2.05, 4.69) is 57.0 Å². The Morgan fingerprint density at radius 2 is 1.83 bits per heavy atom. The molecule has 0 aliphatic heterocycles. The van der Waals surface area contributed by atoms with Crippen molar-refractivity contribution < 1.29 is 0 Å². The topological polar surface area (TPSA) is 4.93 Å². The summed E-state index contributed by atoms with van der Waals surface area (Å²) in [5.74, 6) is 0. The van der Waals surface area contributed by atoms with Crippen LogP contribution >= 0.6 is 27.5 Å². The van der Waals surface area contributed by atoms with Crippen molar-refractivity contribution in [3.8, 4) is 0 Å². The van der Waals surface area contributed by atoms with Crippen LogP contribution in [0.1, 0.15) is 5.56 Å². The third-order valence-electron chi connectivity index (χ3n) is 3.06. The number of fused-ring (bicyclic) bond motifs is 1. The molecule has 0 atom stereocenters. The van der Waals surface area contributed by atoms with Crippen LogP contribution in [0.3, 0.4) is 0 Å². The predicted molar refractivity (Wildman–Crippen MR) is 80.2 cm³/mol. The molecule has 0 saturated heterocycles. The van der Waals surface area contributed by atoms with Crippen LogP contribution in [0.25, 0.3) is 10.9 Å². The normalized spacial score (nSPS) is 11.0. The highest BCUT2D eigenvalue weighted by molar-refractivity contribution is 9.10. The molecule has 0 aliphatic carbocycles. The van der Waals surface area contributed by atoms with E-state index < -0.39 is 0 Å². The van der Waals surface area contributed by atoms with Crippen LogP contribution < -0.4 is 0 Å². The molecule has 0 amide bonds. The van der Waals surface area contributed by atoms with Gasteiger partial charge in [0.25, 0.3) is 0 Å². The van der Waals surface area contributed by atoms with Gasteiger partial charge >= 0.3 is 0 Å². The Morgan fingerprint density at radius 1 is 1.00 bits per heavy atom. The molecule has 0 radical (unpaired) electrons. The van der Waals surface area contributed by atoms with E-state index >= 15 is 0 Å². The van der Waals surface area contributed by atoms with Crippen molar-refractivity contribution in [1.29, 1.82) is 0 Å². The van der Waals surface area contributed by atoms with Crippen molar-refractivity contribution in [3.63, 3.8) is 0 Å². The van der Waals surface area contributed by atoms with Gasteiger partial charge in [0.05, 0.1) is 0 Å². The standard InChI is InChI=1S/C15H11BrClN/c16-13-5-3-7-15-12(13)8-9-18(15)10-11-4-1-2-6-14(11)17/h1-9H,10H2. The zero-order chi connectivity index (χ0) is 12.5. The zero-order valence-electron chi connectivity index (χ0n) is 9.61. The molecule has 0 fully saturated rings. The van der Waals surface area contributed by atoms with Gasteiger partial charge in [0, 0.05) is 33.1 Å². The average molecular weight is 321 g/mol. The summed E-state index contributed by atoms with van der Waals surface area (Å²) in [5, 5.41) is 2.04. The summed E-state index contributed by atoms with van der Waals surface area (Å²) < 4.78 is 3.33. The van der Waals surface area contributed by atoms with E-state index in [0.29, 0.717) is 0 Å². The highest BCUT2D eigenvalue weighted by Gasteiger charge is 2.05. The Balaban J connectivity index is 2.06. The number of nitrogens with zero attached hydrogens (tertiary/aromatic N) is 1. The second-order valence-corrected chi connectivity index (χ2v) is 5.47. The number of hydrogen-bond acceptors (Lipinski definition) is 0. The SMILES string of the molecule is Clc1ccccc1Cn1ccc2c(Br)cccc21. The van der Waals surface area contributed by atoms with Gasteiger partial charge < -0.3 is 4.57 Å². The largest absolute Gasteiger partial charge is 0.343 e. The van der Waals surface area contributed by atoms with Gasteiger partial charge in [-0.15, -0.1) is 0 Å². The molecule has 3 aromatic rings. The monoisotopic (exact) mass is 319 g/mol. The average Bonchev–Trinajstić information content (AvgIpc) is 2.77. The molecule has 3 rings (SSSR count). The summed E-state index contributed by atoms with van der Waals surface area (Å²) in [4.78, 5) is 0. The lowest BCUT2D eigenvalue weighted by atomic mass is 10.2. The maximum absolute atomic E-state index is 6.20. The first-order valence-electron chi connectivity index (χ1n) is 5.72. The van der Waals surface area contributed by atoms with Crippen LogP contribution in [-0.2, 0) is 6.54 Å². The Labute approximate surface area is 119 Å². The molecule has 90 valence electrons. The van der Waals surface area contributed by atoms with Crippen molar-refractivity contribution >= 4 is 38.4 Å². The highest BCUT2D eigenvalue weighted by Crippen LogP contribution is 2.26. The minimum atomic E-state index is 0.791. The molecule has 2 aromatic carbocycles. The van der Waals surface area contributed by atoms with E-state index in [1.807, 2.05) is 18.2 Å². The van der Waals surface area contributed by atoms with Crippen molar-refractivity contribution in [2.45, 2.75) is 6.54 Å². The molecule has 0 spiro atoms. The van der Waals surface area contributed by atoms with E-state index in [4.69, 9.17) is 11.6 Å². The summed E-state index contributed by atoms with van der Waals surface area (Å²) in [6.07, 6.45) is 2.10. The number of benzene rings is 2. The van der Waals surface area contributed by atoms with E-state index in [-0.39, 0.29) is 0 Å². The van der Waals surface area contributed by atoms with Gasteiger partial charge in [-0.25, -0.2) is 0 Å². The molecule has 1 aromatic heterocycles. The van der Waals surface area contributed by atoms with Gasteiger partial charge in [0.1, 0.15) is 0 Å². The van der Waals surface area contributed by atoms with Crippen LogP contribution in [0.4, 0.5) is 0 Å². The van der Waals surface area contributed by atoms with Crippen LogP contribution in [0.15, 0.2) is 59.2 Å². The minimum Gasteiger partial charge on any atom is -0.343 e. The number of halogens is 2. The second-order valence-electron chi connectivity index (χ2n) is 4.21.